The van der Waals surface area contributed by atoms with Gasteiger partial charge in [-0.25, -0.2) is 9.37 Å². The van der Waals surface area contributed by atoms with E-state index in [9.17, 15) is 4.39 Å². The van der Waals surface area contributed by atoms with E-state index in [1.54, 1.807) is 12.1 Å². The molecule has 140 valence electrons. The minimum absolute atomic E-state index is 0.180. The fourth-order valence-corrected chi connectivity index (χ4v) is 3.65. The van der Waals surface area contributed by atoms with Gasteiger partial charge in [-0.1, -0.05) is 30.3 Å². The van der Waals surface area contributed by atoms with Crippen LogP contribution in [0.2, 0.25) is 0 Å². The van der Waals surface area contributed by atoms with Crippen LogP contribution in [-0.2, 0) is 13.1 Å². The van der Waals surface area contributed by atoms with Crippen molar-refractivity contribution in [1.82, 2.24) is 14.5 Å². The first-order valence-corrected chi connectivity index (χ1v) is 9.55. The van der Waals surface area contributed by atoms with E-state index >= 15 is 0 Å². The molecule has 0 amide bonds. The predicted molar refractivity (Wildman–Crippen MR) is 106 cm³/mol. The van der Waals surface area contributed by atoms with Crippen LogP contribution in [0.25, 0.3) is 0 Å². The Hall–Kier alpha value is -2.66. The zero-order valence-corrected chi connectivity index (χ0v) is 15.5. The normalized spacial score (nSPS) is 15.7. The van der Waals surface area contributed by atoms with Crippen LogP contribution in [0.3, 0.4) is 0 Å². The van der Waals surface area contributed by atoms with Gasteiger partial charge in [-0.15, -0.1) is 0 Å². The average Bonchev–Trinajstić information content (AvgIpc) is 2.98. The minimum Gasteiger partial charge on any atom is -0.370 e. The summed E-state index contributed by atoms with van der Waals surface area (Å²) in [7, 11) is 0. The van der Waals surface area contributed by atoms with Crippen molar-refractivity contribution in [2.75, 3.05) is 31.1 Å². The van der Waals surface area contributed by atoms with E-state index in [-0.39, 0.29) is 5.82 Å². The third kappa shape index (κ3) is 4.55. The van der Waals surface area contributed by atoms with Gasteiger partial charge in [0.25, 0.3) is 0 Å². The highest BCUT2D eigenvalue weighted by Gasteiger charge is 2.17. The van der Waals surface area contributed by atoms with Crippen molar-refractivity contribution in [3.8, 4) is 0 Å². The van der Waals surface area contributed by atoms with Gasteiger partial charge in [-0.2, -0.15) is 0 Å². The summed E-state index contributed by atoms with van der Waals surface area (Å²) >= 11 is 0. The van der Waals surface area contributed by atoms with E-state index < -0.39 is 0 Å². The van der Waals surface area contributed by atoms with Crippen LogP contribution in [0.15, 0.2) is 67.0 Å². The molecule has 1 saturated heterocycles. The molecule has 4 rings (SSSR count). The standard InChI is InChI=1S/C22H25FN4/c23-20-7-9-21(10-8-20)26-13-4-12-25(15-16-26)18-22-24-11-14-27(22)17-19-5-2-1-3-6-19/h1-3,5-11,14H,4,12-13,15-18H2. The second-order valence-corrected chi connectivity index (χ2v) is 7.05. The number of rotatable bonds is 5. The molecule has 3 aromatic rings. The van der Waals surface area contributed by atoms with Gasteiger partial charge < -0.3 is 9.47 Å². The maximum atomic E-state index is 13.2. The Balaban J connectivity index is 1.38. The smallest absolute Gasteiger partial charge is 0.123 e. The molecule has 0 bridgehead atoms. The van der Waals surface area contributed by atoms with Gasteiger partial charge in [0.05, 0.1) is 6.54 Å². The summed E-state index contributed by atoms with van der Waals surface area (Å²) < 4.78 is 15.4. The van der Waals surface area contributed by atoms with Crippen molar-refractivity contribution in [1.29, 1.82) is 0 Å². The fraction of sp³-hybridized carbons (Fsp3) is 0.318. The van der Waals surface area contributed by atoms with Gasteiger partial charge in [-0.3, -0.25) is 4.90 Å². The topological polar surface area (TPSA) is 24.3 Å². The van der Waals surface area contributed by atoms with Gasteiger partial charge in [0, 0.05) is 50.8 Å². The van der Waals surface area contributed by atoms with Crippen molar-refractivity contribution in [2.45, 2.75) is 19.5 Å². The van der Waals surface area contributed by atoms with Crippen LogP contribution in [-0.4, -0.2) is 40.6 Å². The first-order chi connectivity index (χ1) is 13.3. The van der Waals surface area contributed by atoms with Crippen LogP contribution in [0.5, 0.6) is 0 Å². The van der Waals surface area contributed by atoms with E-state index in [0.717, 1.165) is 57.2 Å². The lowest BCUT2D eigenvalue weighted by atomic mass is 10.2. The molecule has 2 heterocycles. The van der Waals surface area contributed by atoms with Crippen molar-refractivity contribution < 1.29 is 4.39 Å². The Labute approximate surface area is 159 Å². The third-order valence-corrected chi connectivity index (χ3v) is 5.14. The molecular weight excluding hydrogens is 339 g/mol. The predicted octanol–water partition coefficient (Wildman–Crippen LogP) is 3.78. The molecule has 1 aromatic heterocycles. The quantitative estimate of drug-likeness (QED) is 0.689. The first kappa shape index (κ1) is 17.7. The molecule has 2 aromatic carbocycles. The molecule has 5 heteroatoms. The molecule has 1 fully saturated rings. The SMILES string of the molecule is Fc1ccc(N2CCCN(Cc3nccn3Cc3ccccc3)CC2)cc1. The highest BCUT2D eigenvalue weighted by molar-refractivity contribution is 5.46. The zero-order valence-electron chi connectivity index (χ0n) is 15.5. The molecule has 4 nitrogen and oxygen atoms in total. The summed E-state index contributed by atoms with van der Waals surface area (Å²) in [6, 6.07) is 17.3. The monoisotopic (exact) mass is 364 g/mol. The summed E-state index contributed by atoms with van der Waals surface area (Å²) in [5.74, 6) is 0.925. The largest absolute Gasteiger partial charge is 0.370 e. The van der Waals surface area contributed by atoms with Crippen molar-refractivity contribution >= 4 is 5.69 Å². The van der Waals surface area contributed by atoms with Gasteiger partial charge in [-0.05, 0) is 36.2 Å². The Morgan fingerprint density at radius 2 is 1.67 bits per heavy atom. The second-order valence-electron chi connectivity index (χ2n) is 7.05. The van der Waals surface area contributed by atoms with Crippen molar-refractivity contribution in [2.24, 2.45) is 0 Å². The number of halogens is 1. The molecule has 0 spiro atoms. The number of aromatic nitrogens is 2. The Bertz CT molecular complexity index is 844. The van der Waals surface area contributed by atoms with Crippen LogP contribution in [0, 0.1) is 5.82 Å². The number of benzene rings is 2. The lowest BCUT2D eigenvalue weighted by Crippen LogP contribution is -2.31. The lowest BCUT2D eigenvalue weighted by molar-refractivity contribution is 0.274. The highest BCUT2D eigenvalue weighted by atomic mass is 19.1. The molecule has 1 aliphatic heterocycles. The van der Waals surface area contributed by atoms with Crippen LogP contribution in [0.4, 0.5) is 10.1 Å². The summed E-state index contributed by atoms with van der Waals surface area (Å²) in [5.41, 5.74) is 2.39. The van der Waals surface area contributed by atoms with Crippen LogP contribution in [0.1, 0.15) is 17.8 Å². The minimum atomic E-state index is -0.180. The fourth-order valence-electron chi connectivity index (χ4n) is 3.65. The Morgan fingerprint density at radius 3 is 2.48 bits per heavy atom. The summed E-state index contributed by atoms with van der Waals surface area (Å²) in [5, 5.41) is 0. The highest BCUT2D eigenvalue weighted by Crippen LogP contribution is 2.18. The number of hydrogen-bond acceptors (Lipinski definition) is 3. The number of anilines is 1. The van der Waals surface area contributed by atoms with Crippen molar-refractivity contribution in [3.05, 3.63) is 84.2 Å². The molecular formula is C22H25FN4. The van der Waals surface area contributed by atoms with Crippen LogP contribution >= 0.6 is 0 Å². The molecule has 0 aliphatic carbocycles. The maximum Gasteiger partial charge on any atom is 0.123 e. The van der Waals surface area contributed by atoms with Gasteiger partial charge in [0.1, 0.15) is 11.6 Å². The van der Waals surface area contributed by atoms with Gasteiger partial charge in [0.15, 0.2) is 0 Å². The molecule has 0 radical (unpaired) electrons. The molecule has 1 aliphatic rings. The lowest BCUT2D eigenvalue weighted by Gasteiger charge is -2.23. The summed E-state index contributed by atoms with van der Waals surface area (Å²) in [4.78, 5) is 9.40. The van der Waals surface area contributed by atoms with E-state index in [0.29, 0.717) is 0 Å². The molecule has 0 saturated carbocycles. The third-order valence-electron chi connectivity index (χ3n) is 5.14. The molecule has 0 N–H and O–H groups in total. The molecule has 27 heavy (non-hydrogen) atoms. The summed E-state index contributed by atoms with van der Waals surface area (Å²) in [6.45, 7) is 5.69. The number of imidazole rings is 1. The average molecular weight is 364 g/mol. The number of nitrogens with zero attached hydrogens (tertiary/aromatic N) is 4. The van der Waals surface area contributed by atoms with E-state index in [2.05, 4.69) is 49.8 Å². The van der Waals surface area contributed by atoms with E-state index in [1.165, 1.54) is 5.56 Å². The van der Waals surface area contributed by atoms with E-state index in [4.69, 9.17) is 0 Å². The molecule has 0 atom stereocenters. The van der Waals surface area contributed by atoms with Gasteiger partial charge >= 0.3 is 0 Å². The summed E-state index contributed by atoms with van der Waals surface area (Å²) in [6.07, 6.45) is 5.04. The van der Waals surface area contributed by atoms with Gasteiger partial charge in [0.2, 0.25) is 0 Å². The Morgan fingerprint density at radius 1 is 0.852 bits per heavy atom. The van der Waals surface area contributed by atoms with E-state index in [1.807, 2.05) is 24.4 Å². The zero-order chi connectivity index (χ0) is 18.5. The molecule has 0 unspecified atom stereocenters. The van der Waals surface area contributed by atoms with Crippen LogP contribution < -0.4 is 4.90 Å². The van der Waals surface area contributed by atoms with Crippen molar-refractivity contribution in [3.63, 3.8) is 0 Å². The first-order valence-electron chi connectivity index (χ1n) is 9.55. The maximum absolute atomic E-state index is 13.2. The number of hydrogen-bond donors (Lipinski definition) is 0. The second kappa shape index (κ2) is 8.35. The Kier molecular flexibility index (Phi) is 5.49.